The number of rotatable bonds is 3. The number of hydrogen-bond acceptors (Lipinski definition) is 2. The molecule has 1 saturated carbocycles. The molecule has 1 aliphatic rings. The van der Waals surface area contributed by atoms with Crippen LogP contribution in [0.15, 0.2) is 24.3 Å². The van der Waals surface area contributed by atoms with Gasteiger partial charge in [0.1, 0.15) is 0 Å². The smallest absolute Gasteiger partial charge is 0.368 e. The van der Waals surface area contributed by atoms with Crippen LogP contribution in [0.25, 0.3) is 0 Å². The number of nitrogens with one attached hydrogen (secondary N) is 1. The van der Waals surface area contributed by atoms with E-state index in [1.54, 1.807) is 6.07 Å². The monoisotopic (exact) mass is 355 g/mol. The van der Waals surface area contributed by atoms with Crippen LogP contribution in [0.5, 0.6) is 0 Å². The van der Waals surface area contributed by atoms with Crippen LogP contribution < -0.4 is 5.32 Å². The van der Waals surface area contributed by atoms with Crippen molar-refractivity contribution in [3.8, 4) is 0 Å². The molecule has 0 aliphatic heterocycles. The van der Waals surface area contributed by atoms with Gasteiger partial charge in [-0.3, -0.25) is 5.32 Å². The number of benzene rings is 1. The Balaban J connectivity index is 1.99. The highest BCUT2D eigenvalue weighted by Crippen LogP contribution is 2.37. The molecule has 1 atom stereocenters. The Kier molecular flexibility index (Phi) is 5.20. The SMILES string of the molecule is CC(O)(NC1CCC(c2cccc(C(F)(F)F)c2)CC1)C(F)(F)F. The fourth-order valence-electron chi connectivity index (χ4n) is 3.02. The van der Waals surface area contributed by atoms with Gasteiger partial charge in [-0.25, -0.2) is 0 Å². The van der Waals surface area contributed by atoms with E-state index < -0.39 is 29.7 Å². The van der Waals surface area contributed by atoms with E-state index in [4.69, 9.17) is 0 Å². The topological polar surface area (TPSA) is 32.3 Å². The van der Waals surface area contributed by atoms with E-state index in [0.717, 1.165) is 12.1 Å². The summed E-state index contributed by atoms with van der Waals surface area (Å²) in [7, 11) is 0. The number of alkyl halides is 6. The zero-order chi connectivity index (χ0) is 18.2. The summed E-state index contributed by atoms with van der Waals surface area (Å²) in [6.45, 7) is 0.659. The highest BCUT2D eigenvalue weighted by atomic mass is 19.4. The molecule has 136 valence electrons. The second-order valence-electron chi connectivity index (χ2n) is 6.39. The fourth-order valence-corrected chi connectivity index (χ4v) is 3.02. The van der Waals surface area contributed by atoms with Gasteiger partial charge in [0.05, 0.1) is 5.56 Å². The van der Waals surface area contributed by atoms with E-state index in [1.807, 2.05) is 0 Å². The zero-order valence-electron chi connectivity index (χ0n) is 13.0. The first kappa shape index (κ1) is 19.1. The summed E-state index contributed by atoms with van der Waals surface area (Å²) in [6, 6.07) is 4.53. The minimum atomic E-state index is -4.79. The molecule has 0 radical (unpaired) electrons. The van der Waals surface area contributed by atoms with E-state index in [0.29, 0.717) is 38.2 Å². The predicted molar refractivity (Wildman–Crippen MR) is 76.3 cm³/mol. The van der Waals surface area contributed by atoms with Crippen LogP contribution in [0.1, 0.15) is 49.7 Å². The molecule has 2 N–H and O–H groups in total. The Hall–Kier alpha value is -1.28. The Labute approximate surface area is 135 Å². The van der Waals surface area contributed by atoms with Crippen LogP contribution in [-0.4, -0.2) is 23.0 Å². The first-order valence-corrected chi connectivity index (χ1v) is 7.64. The third kappa shape index (κ3) is 4.42. The van der Waals surface area contributed by atoms with Gasteiger partial charge in [-0.05, 0) is 50.2 Å². The molecule has 0 bridgehead atoms. The van der Waals surface area contributed by atoms with Crippen LogP contribution in [0.2, 0.25) is 0 Å². The van der Waals surface area contributed by atoms with Crippen molar-refractivity contribution in [2.45, 2.75) is 62.6 Å². The summed E-state index contributed by atoms with van der Waals surface area (Å²) in [6.07, 6.45) is -7.56. The van der Waals surface area contributed by atoms with Gasteiger partial charge in [-0.2, -0.15) is 26.3 Å². The normalized spacial score (nSPS) is 25.3. The lowest BCUT2D eigenvalue weighted by atomic mass is 9.81. The number of aliphatic hydroxyl groups is 1. The first-order valence-electron chi connectivity index (χ1n) is 7.64. The molecule has 1 unspecified atom stereocenters. The quantitative estimate of drug-likeness (QED) is 0.614. The molecular formula is C16H19F6NO. The van der Waals surface area contributed by atoms with Crippen LogP contribution >= 0.6 is 0 Å². The molecule has 0 saturated heterocycles. The summed E-state index contributed by atoms with van der Waals surface area (Å²) in [4.78, 5) is 0. The zero-order valence-corrected chi connectivity index (χ0v) is 13.0. The number of halogens is 6. The standard InChI is InChI=1S/C16H19F6NO/c1-14(24,16(20,21)22)23-13-7-5-10(6-8-13)11-3-2-4-12(9-11)15(17,18)19/h2-4,9-10,13,23-24H,5-8H2,1H3. The summed E-state index contributed by atoms with van der Waals surface area (Å²) in [5.41, 5.74) is -3.15. The second-order valence-corrected chi connectivity index (χ2v) is 6.39. The van der Waals surface area contributed by atoms with E-state index in [2.05, 4.69) is 5.32 Å². The molecule has 1 aromatic carbocycles. The van der Waals surface area contributed by atoms with E-state index in [-0.39, 0.29) is 5.92 Å². The lowest BCUT2D eigenvalue weighted by Gasteiger charge is -2.36. The third-order valence-corrected chi connectivity index (χ3v) is 4.45. The molecule has 8 heteroatoms. The van der Waals surface area contributed by atoms with E-state index in [1.165, 1.54) is 6.07 Å². The lowest BCUT2D eigenvalue weighted by molar-refractivity contribution is -0.268. The van der Waals surface area contributed by atoms with Crippen molar-refractivity contribution in [1.29, 1.82) is 0 Å². The molecule has 0 amide bonds. The summed E-state index contributed by atoms with van der Waals surface area (Å²) in [5, 5.41) is 11.6. The van der Waals surface area contributed by atoms with Gasteiger partial charge in [0, 0.05) is 6.04 Å². The van der Waals surface area contributed by atoms with Crippen LogP contribution in [-0.2, 0) is 6.18 Å². The van der Waals surface area contributed by atoms with Crippen molar-refractivity contribution in [2.24, 2.45) is 0 Å². The van der Waals surface area contributed by atoms with Crippen molar-refractivity contribution in [2.75, 3.05) is 0 Å². The van der Waals surface area contributed by atoms with Crippen molar-refractivity contribution in [3.63, 3.8) is 0 Å². The maximum atomic E-state index is 12.8. The minimum absolute atomic E-state index is 0.124. The van der Waals surface area contributed by atoms with E-state index in [9.17, 15) is 31.4 Å². The number of hydrogen-bond donors (Lipinski definition) is 2. The molecule has 1 fully saturated rings. The molecule has 24 heavy (non-hydrogen) atoms. The van der Waals surface area contributed by atoms with Gasteiger partial charge in [-0.15, -0.1) is 0 Å². The van der Waals surface area contributed by atoms with Gasteiger partial charge in [0.25, 0.3) is 0 Å². The van der Waals surface area contributed by atoms with Crippen molar-refractivity contribution < 1.29 is 31.4 Å². The molecule has 0 aromatic heterocycles. The largest absolute Gasteiger partial charge is 0.430 e. The highest BCUT2D eigenvalue weighted by molar-refractivity contribution is 5.28. The molecule has 2 nitrogen and oxygen atoms in total. The first-order chi connectivity index (χ1) is 10.9. The van der Waals surface area contributed by atoms with Gasteiger partial charge >= 0.3 is 12.4 Å². The Morgan fingerprint density at radius 1 is 1.00 bits per heavy atom. The predicted octanol–water partition coefficient (Wildman–Crippen LogP) is 4.59. The fraction of sp³-hybridized carbons (Fsp3) is 0.625. The maximum Gasteiger partial charge on any atom is 0.430 e. The molecular weight excluding hydrogens is 336 g/mol. The van der Waals surface area contributed by atoms with Gasteiger partial charge in [0.2, 0.25) is 5.72 Å². The second kappa shape index (κ2) is 6.55. The van der Waals surface area contributed by atoms with E-state index >= 15 is 0 Å². The Morgan fingerprint density at radius 3 is 2.08 bits per heavy atom. The van der Waals surface area contributed by atoms with Crippen molar-refractivity contribution >= 4 is 0 Å². The molecule has 2 rings (SSSR count). The van der Waals surface area contributed by atoms with Gasteiger partial charge in [0.15, 0.2) is 0 Å². The molecule has 1 aliphatic carbocycles. The van der Waals surface area contributed by atoms with Crippen LogP contribution in [0.4, 0.5) is 26.3 Å². The van der Waals surface area contributed by atoms with Crippen molar-refractivity contribution in [3.05, 3.63) is 35.4 Å². The highest BCUT2D eigenvalue weighted by Gasteiger charge is 2.51. The average Bonchev–Trinajstić information content (AvgIpc) is 2.46. The minimum Gasteiger partial charge on any atom is -0.368 e. The Bertz CT molecular complexity index is 558. The van der Waals surface area contributed by atoms with Crippen LogP contribution in [0.3, 0.4) is 0 Å². The average molecular weight is 355 g/mol. The Morgan fingerprint density at radius 2 is 1.58 bits per heavy atom. The molecule has 0 heterocycles. The summed E-state index contributed by atoms with van der Waals surface area (Å²) >= 11 is 0. The van der Waals surface area contributed by atoms with Crippen molar-refractivity contribution in [1.82, 2.24) is 5.32 Å². The van der Waals surface area contributed by atoms with Gasteiger partial charge in [-0.1, -0.05) is 18.2 Å². The third-order valence-electron chi connectivity index (χ3n) is 4.45. The molecule has 0 spiro atoms. The summed E-state index contributed by atoms with van der Waals surface area (Å²) in [5.74, 6) is -0.124. The molecule has 1 aromatic rings. The lowest BCUT2D eigenvalue weighted by Crippen LogP contribution is -2.58. The summed E-state index contributed by atoms with van der Waals surface area (Å²) < 4.78 is 76.3. The van der Waals surface area contributed by atoms with Gasteiger partial charge < -0.3 is 5.11 Å². The van der Waals surface area contributed by atoms with Crippen LogP contribution in [0, 0.1) is 0 Å². The maximum absolute atomic E-state index is 12.8.